The number of hydrogen-bond donors (Lipinski definition) is 1. The van der Waals surface area contributed by atoms with Crippen molar-refractivity contribution >= 4 is 5.97 Å². The van der Waals surface area contributed by atoms with Crippen LogP contribution < -0.4 is 0 Å². The molecule has 0 amide bonds. The quantitative estimate of drug-likeness (QED) is 0.735. The standard InChI is InChI=1S/C11H11NO3/c1-15-11(14)10(13)6-8-2-4-9(7-12)5-3-8/h2-5,10,13H,6H2,1H3/t10-/m0/s1. The fraction of sp³-hybridized carbons (Fsp3) is 0.273. The van der Waals surface area contributed by atoms with Crippen LogP contribution >= 0.6 is 0 Å². The van der Waals surface area contributed by atoms with Crippen LogP contribution in [-0.2, 0) is 16.0 Å². The normalized spacial score (nSPS) is 11.5. The Labute approximate surface area is 87.7 Å². The molecule has 0 aliphatic carbocycles. The van der Waals surface area contributed by atoms with Gasteiger partial charge in [-0.25, -0.2) is 4.79 Å². The second-order valence-electron chi connectivity index (χ2n) is 3.05. The molecule has 4 nitrogen and oxygen atoms in total. The highest BCUT2D eigenvalue weighted by molar-refractivity contribution is 5.74. The largest absolute Gasteiger partial charge is 0.467 e. The first-order valence-corrected chi connectivity index (χ1v) is 4.42. The summed E-state index contributed by atoms with van der Waals surface area (Å²) in [7, 11) is 1.23. The van der Waals surface area contributed by atoms with E-state index in [0.29, 0.717) is 5.56 Å². The number of esters is 1. The van der Waals surface area contributed by atoms with E-state index in [9.17, 15) is 9.90 Å². The van der Waals surface area contributed by atoms with Crippen molar-refractivity contribution in [3.63, 3.8) is 0 Å². The number of aliphatic hydroxyl groups is 1. The van der Waals surface area contributed by atoms with Gasteiger partial charge < -0.3 is 9.84 Å². The van der Waals surface area contributed by atoms with E-state index >= 15 is 0 Å². The van der Waals surface area contributed by atoms with Crippen LogP contribution in [0.2, 0.25) is 0 Å². The van der Waals surface area contributed by atoms with Gasteiger partial charge in [-0.2, -0.15) is 5.26 Å². The second kappa shape index (κ2) is 5.13. The molecule has 0 saturated heterocycles. The van der Waals surface area contributed by atoms with Gasteiger partial charge in [0.1, 0.15) is 0 Å². The predicted octanol–water partition coefficient (Wildman–Crippen LogP) is 0.635. The highest BCUT2D eigenvalue weighted by Gasteiger charge is 2.15. The molecule has 4 heteroatoms. The van der Waals surface area contributed by atoms with Crippen molar-refractivity contribution < 1.29 is 14.6 Å². The van der Waals surface area contributed by atoms with E-state index in [1.165, 1.54) is 7.11 Å². The van der Waals surface area contributed by atoms with Crippen molar-refractivity contribution in [2.24, 2.45) is 0 Å². The number of methoxy groups -OCH3 is 1. The molecule has 1 N–H and O–H groups in total. The van der Waals surface area contributed by atoms with E-state index in [2.05, 4.69) is 4.74 Å². The Morgan fingerprint density at radius 3 is 2.60 bits per heavy atom. The van der Waals surface area contributed by atoms with Gasteiger partial charge in [0.05, 0.1) is 18.7 Å². The summed E-state index contributed by atoms with van der Waals surface area (Å²) in [6.07, 6.45) is -0.957. The lowest BCUT2D eigenvalue weighted by Crippen LogP contribution is -2.24. The van der Waals surface area contributed by atoms with Crippen LogP contribution in [0.15, 0.2) is 24.3 Å². The van der Waals surface area contributed by atoms with Crippen molar-refractivity contribution in [2.45, 2.75) is 12.5 Å². The molecule has 1 aromatic carbocycles. The third kappa shape index (κ3) is 3.08. The number of ether oxygens (including phenoxy) is 1. The van der Waals surface area contributed by atoms with Crippen molar-refractivity contribution in [3.05, 3.63) is 35.4 Å². The fourth-order valence-electron chi connectivity index (χ4n) is 1.16. The minimum Gasteiger partial charge on any atom is -0.467 e. The van der Waals surface area contributed by atoms with Crippen LogP contribution in [0.3, 0.4) is 0 Å². The first-order chi connectivity index (χ1) is 7.17. The zero-order chi connectivity index (χ0) is 11.3. The third-order valence-electron chi connectivity index (χ3n) is 1.99. The molecule has 0 unspecified atom stereocenters. The Morgan fingerprint density at radius 1 is 1.53 bits per heavy atom. The zero-order valence-corrected chi connectivity index (χ0v) is 8.30. The van der Waals surface area contributed by atoms with Gasteiger partial charge in [-0.3, -0.25) is 0 Å². The number of nitriles is 1. The van der Waals surface area contributed by atoms with Crippen LogP contribution in [0, 0.1) is 11.3 Å². The molecule has 1 rings (SSSR count). The Morgan fingerprint density at radius 2 is 2.13 bits per heavy atom. The summed E-state index contributed by atoms with van der Waals surface area (Å²) in [5, 5.41) is 17.9. The molecule has 1 aromatic rings. The highest BCUT2D eigenvalue weighted by atomic mass is 16.5. The highest BCUT2D eigenvalue weighted by Crippen LogP contribution is 2.06. The van der Waals surface area contributed by atoms with Gasteiger partial charge in [0.15, 0.2) is 6.10 Å². The number of benzene rings is 1. The lowest BCUT2D eigenvalue weighted by molar-refractivity contribution is -0.150. The molecular weight excluding hydrogens is 194 g/mol. The molecule has 1 atom stereocenters. The van der Waals surface area contributed by atoms with E-state index in [-0.39, 0.29) is 6.42 Å². The summed E-state index contributed by atoms with van der Waals surface area (Å²) in [5.41, 5.74) is 1.33. The number of hydrogen-bond acceptors (Lipinski definition) is 4. The molecule has 0 heterocycles. The molecule has 0 aromatic heterocycles. The number of carbonyl (C=O) groups excluding carboxylic acids is 1. The Bertz CT molecular complexity index is 378. The lowest BCUT2D eigenvalue weighted by atomic mass is 10.1. The summed E-state index contributed by atoms with van der Waals surface area (Å²) >= 11 is 0. The number of carbonyl (C=O) groups is 1. The molecule has 0 saturated carbocycles. The first-order valence-electron chi connectivity index (χ1n) is 4.42. The van der Waals surface area contributed by atoms with Crippen molar-refractivity contribution in [1.82, 2.24) is 0 Å². The van der Waals surface area contributed by atoms with Crippen LogP contribution in [0.5, 0.6) is 0 Å². The SMILES string of the molecule is COC(=O)[C@@H](O)Cc1ccc(C#N)cc1. The van der Waals surface area contributed by atoms with Gasteiger partial charge in [-0.15, -0.1) is 0 Å². The molecule has 0 aliphatic rings. The third-order valence-corrected chi connectivity index (χ3v) is 1.99. The van der Waals surface area contributed by atoms with E-state index in [1.807, 2.05) is 6.07 Å². The van der Waals surface area contributed by atoms with Crippen LogP contribution in [0.25, 0.3) is 0 Å². The van der Waals surface area contributed by atoms with Crippen molar-refractivity contribution in [2.75, 3.05) is 7.11 Å². The summed E-state index contributed by atoms with van der Waals surface area (Å²) in [4.78, 5) is 10.9. The summed E-state index contributed by atoms with van der Waals surface area (Å²) in [6.45, 7) is 0. The number of nitrogens with zero attached hydrogens (tertiary/aromatic N) is 1. The van der Waals surface area contributed by atoms with E-state index in [4.69, 9.17) is 5.26 Å². The fourth-order valence-corrected chi connectivity index (χ4v) is 1.16. The summed E-state index contributed by atoms with van der Waals surface area (Å²) < 4.78 is 4.39. The molecule has 0 spiro atoms. The van der Waals surface area contributed by atoms with Gasteiger partial charge in [0.2, 0.25) is 0 Å². The number of aliphatic hydroxyl groups excluding tert-OH is 1. The van der Waals surface area contributed by atoms with E-state index < -0.39 is 12.1 Å². The minimum absolute atomic E-state index is 0.193. The van der Waals surface area contributed by atoms with Crippen LogP contribution in [-0.4, -0.2) is 24.3 Å². The summed E-state index contributed by atoms with van der Waals surface area (Å²) in [5.74, 6) is -0.653. The maximum Gasteiger partial charge on any atom is 0.335 e. The minimum atomic E-state index is -1.15. The zero-order valence-electron chi connectivity index (χ0n) is 8.30. The molecular formula is C11H11NO3. The average Bonchev–Trinajstić information content (AvgIpc) is 2.29. The number of rotatable bonds is 3. The topological polar surface area (TPSA) is 70.3 Å². The molecule has 0 fully saturated rings. The maximum atomic E-state index is 10.9. The Kier molecular flexibility index (Phi) is 3.83. The Balaban J connectivity index is 2.66. The maximum absolute atomic E-state index is 10.9. The molecule has 0 aliphatic heterocycles. The van der Waals surface area contributed by atoms with E-state index in [0.717, 1.165) is 5.56 Å². The van der Waals surface area contributed by atoms with E-state index in [1.54, 1.807) is 24.3 Å². The van der Waals surface area contributed by atoms with Gasteiger partial charge in [-0.05, 0) is 17.7 Å². The van der Waals surface area contributed by atoms with Crippen LogP contribution in [0.4, 0.5) is 0 Å². The average molecular weight is 205 g/mol. The lowest BCUT2D eigenvalue weighted by Gasteiger charge is -2.07. The first kappa shape index (κ1) is 11.2. The van der Waals surface area contributed by atoms with Crippen molar-refractivity contribution in [3.8, 4) is 6.07 Å². The van der Waals surface area contributed by atoms with Gasteiger partial charge in [0, 0.05) is 6.42 Å². The van der Waals surface area contributed by atoms with Gasteiger partial charge in [-0.1, -0.05) is 12.1 Å². The van der Waals surface area contributed by atoms with Crippen molar-refractivity contribution in [1.29, 1.82) is 5.26 Å². The van der Waals surface area contributed by atoms with Crippen LogP contribution in [0.1, 0.15) is 11.1 Å². The monoisotopic (exact) mass is 205 g/mol. The van der Waals surface area contributed by atoms with Gasteiger partial charge in [0.25, 0.3) is 0 Å². The smallest absolute Gasteiger partial charge is 0.335 e. The second-order valence-corrected chi connectivity index (χ2v) is 3.05. The molecule has 78 valence electrons. The summed E-state index contributed by atoms with van der Waals surface area (Å²) in [6, 6.07) is 8.66. The van der Waals surface area contributed by atoms with Gasteiger partial charge >= 0.3 is 5.97 Å². The molecule has 0 bridgehead atoms. The molecule has 15 heavy (non-hydrogen) atoms. The Hall–Kier alpha value is -1.86. The molecule has 0 radical (unpaired) electrons. The predicted molar refractivity (Wildman–Crippen MR) is 52.9 cm³/mol.